The van der Waals surface area contributed by atoms with E-state index in [1.807, 2.05) is 38.1 Å². The van der Waals surface area contributed by atoms with E-state index in [4.69, 9.17) is 4.74 Å². The molecule has 0 aromatic heterocycles. The fourth-order valence-electron chi connectivity index (χ4n) is 3.11. The van der Waals surface area contributed by atoms with Crippen molar-refractivity contribution in [1.82, 2.24) is 0 Å². The van der Waals surface area contributed by atoms with Gasteiger partial charge in [-0.2, -0.15) is 0 Å². The summed E-state index contributed by atoms with van der Waals surface area (Å²) in [6.45, 7) is 4.01. The Morgan fingerprint density at radius 2 is 1.38 bits per heavy atom. The van der Waals surface area contributed by atoms with E-state index in [0.29, 0.717) is 16.7 Å². The second kappa shape index (κ2) is 7.00. The first kappa shape index (κ1) is 17.7. The zero-order chi connectivity index (χ0) is 18.8. The van der Waals surface area contributed by atoms with Crippen molar-refractivity contribution in [2.45, 2.75) is 13.8 Å². The van der Waals surface area contributed by atoms with Gasteiger partial charge in [0.2, 0.25) is 0 Å². The lowest BCUT2D eigenvalue weighted by Gasteiger charge is -2.12. The molecule has 26 heavy (non-hydrogen) atoms. The molecule has 0 saturated carbocycles. The largest absolute Gasteiger partial charge is 0.496 e. The molecule has 0 heterocycles. The second-order valence-corrected chi connectivity index (χ2v) is 6.18. The van der Waals surface area contributed by atoms with Gasteiger partial charge in [-0.1, -0.05) is 24.3 Å². The highest BCUT2D eigenvalue weighted by Gasteiger charge is 2.14. The second-order valence-electron chi connectivity index (χ2n) is 6.18. The molecule has 0 N–H and O–H groups in total. The lowest BCUT2D eigenvalue weighted by atomic mass is 9.95. The van der Waals surface area contributed by atoms with Crippen molar-refractivity contribution >= 4 is 22.5 Å². The number of benzene rings is 3. The Morgan fingerprint density at radius 1 is 0.769 bits per heavy atom. The van der Waals surface area contributed by atoms with E-state index < -0.39 is 5.97 Å². The molecule has 132 valence electrons. The summed E-state index contributed by atoms with van der Waals surface area (Å²) in [5.74, 6) is 0.332. The smallest absolute Gasteiger partial charge is 0.337 e. The molecular formula is C22H20O4. The van der Waals surface area contributed by atoms with Gasteiger partial charge in [0.1, 0.15) is 5.75 Å². The maximum absolute atomic E-state index is 12.8. The van der Waals surface area contributed by atoms with Crippen LogP contribution in [-0.4, -0.2) is 26.0 Å². The van der Waals surface area contributed by atoms with E-state index in [9.17, 15) is 9.59 Å². The predicted octanol–water partition coefficient (Wildman–Crippen LogP) is 4.48. The molecular weight excluding hydrogens is 328 g/mol. The molecule has 0 aliphatic rings. The highest BCUT2D eigenvalue weighted by molar-refractivity contribution is 6.11. The Bertz CT molecular complexity index is 1000. The number of ether oxygens (including phenoxy) is 2. The van der Waals surface area contributed by atoms with E-state index >= 15 is 0 Å². The van der Waals surface area contributed by atoms with E-state index in [0.717, 1.165) is 27.6 Å². The number of hydrogen-bond donors (Lipinski definition) is 0. The first-order chi connectivity index (χ1) is 12.5. The van der Waals surface area contributed by atoms with Crippen LogP contribution < -0.4 is 4.74 Å². The molecule has 0 aliphatic carbocycles. The zero-order valence-corrected chi connectivity index (χ0v) is 15.3. The van der Waals surface area contributed by atoms with Crippen LogP contribution in [0.1, 0.15) is 37.4 Å². The van der Waals surface area contributed by atoms with Gasteiger partial charge >= 0.3 is 5.97 Å². The van der Waals surface area contributed by atoms with E-state index in [1.165, 1.54) is 7.11 Å². The molecule has 3 aromatic rings. The minimum Gasteiger partial charge on any atom is -0.496 e. The fraction of sp³-hybridized carbons (Fsp3) is 0.182. The molecule has 3 aromatic carbocycles. The molecule has 0 unspecified atom stereocenters. The Kier molecular flexibility index (Phi) is 4.76. The summed E-state index contributed by atoms with van der Waals surface area (Å²) in [6, 6.07) is 14.2. The van der Waals surface area contributed by atoms with Gasteiger partial charge in [0.25, 0.3) is 0 Å². The van der Waals surface area contributed by atoms with Crippen molar-refractivity contribution < 1.29 is 19.1 Å². The third-order valence-corrected chi connectivity index (χ3v) is 4.62. The van der Waals surface area contributed by atoms with Crippen molar-refractivity contribution in [1.29, 1.82) is 0 Å². The normalized spacial score (nSPS) is 10.6. The quantitative estimate of drug-likeness (QED) is 0.515. The van der Waals surface area contributed by atoms with Crippen LogP contribution in [0.3, 0.4) is 0 Å². The van der Waals surface area contributed by atoms with E-state index in [-0.39, 0.29) is 5.78 Å². The Labute approximate surface area is 152 Å². The SMILES string of the molecule is COC(=O)c1ccc(C(=O)c2ccc3c(C)c(OC)cc(C)c3c2)cc1. The molecule has 4 nitrogen and oxygen atoms in total. The molecule has 0 fully saturated rings. The minimum atomic E-state index is -0.422. The molecule has 0 amide bonds. The lowest BCUT2D eigenvalue weighted by molar-refractivity contribution is 0.0600. The first-order valence-corrected chi connectivity index (χ1v) is 8.27. The molecule has 4 heteroatoms. The predicted molar refractivity (Wildman–Crippen MR) is 101 cm³/mol. The average molecular weight is 348 g/mol. The van der Waals surface area contributed by atoms with Gasteiger partial charge in [0, 0.05) is 11.1 Å². The highest BCUT2D eigenvalue weighted by atomic mass is 16.5. The van der Waals surface area contributed by atoms with Gasteiger partial charge in [-0.25, -0.2) is 4.79 Å². The van der Waals surface area contributed by atoms with Crippen LogP contribution in [-0.2, 0) is 4.74 Å². The highest BCUT2D eigenvalue weighted by Crippen LogP contribution is 2.31. The lowest BCUT2D eigenvalue weighted by Crippen LogP contribution is -2.04. The van der Waals surface area contributed by atoms with E-state index in [1.54, 1.807) is 31.4 Å². The number of rotatable bonds is 4. The maximum Gasteiger partial charge on any atom is 0.337 e. The average Bonchev–Trinajstić information content (AvgIpc) is 2.69. The monoisotopic (exact) mass is 348 g/mol. The molecule has 3 rings (SSSR count). The third-order valence-electron chi connectivity index (χ3n) is 4.62. The van der Waals surface area contributed by atoms with Gasteiger partial charge < -0.3 is 9.47 Å². The van der Waals surface area contributed by atoms with Crippen LogP contribution in [0.5, 0.6) is 5.75 Å². The summed E-state index contributed by atoms with van der Waals surface area (Å²) in [5, 5.41) is 2.10. The summed E-state index contributed by atoms with van der Waals surface area (Å²) >= 11 is 0. The number of fused-ring (bicyclic) bond motifs is 1. The van der Waals surface area contributed by atoms with Crippen LogP contribution in [0.4, 0.5) is 0 Å². The topological polar surface area (TPSA) is 52.6 Å². The zero-order valence-electron chi connectivity index (χ0n) is 15.3. The summed E-state index contributed by atoms with van der Waals surface area (Å²) in [4.78, 5) is 24.3. The van der Waals surface area contributed by atoms with Crippen LogP contribution in [0.2, 0.25) is 0 Å². The number of esters is 1. The number of methoxy groups -OCH3 is 2. The van der Waals surface area contributed by atoms with Crippen molar-refractivity contribution in [3.8, 4) is 5.75 Å². The number of carbonyl (C=O) groups is 2. The number of carbonyl (C=O) groups excluding carboxylic acids is 2. The van der Waals surface area contributed by atoms with Crippen LogP contribution >= 0.6 is 0 Å². The van der Waals surface area contributed by atoms with Crippen molar-refractivity contribution in [3.63, 3.8) is 0 Å². The molecule has 0 bridgehead atoms. The van der Waals surface area contributed by atoms with Gasteiger partial charge in [0.15, 0.2) is 5.78 Å². The molecule has 0 spiro atoms. The van der Waals surface area contributed by atoms with Crippen LogP contribution in [0.25, 0.3) is 10.8 Å². The third kappa shape index (κ3) is 3.06. The maximum atomic E-state index is 12.8. The van der Waals surface area contributed by atoms with Crippen molar-refractivity contribution in [2.24, 2.45) is 0 Å². The fourth-order valence-corrected chi connectivity index (χ4v) is 3.11. The molecule has 0 aliphatic heterocycles. The number of hydrogen-bond acceptors (Lipinski definition) is 4. The Balaban J connectivity index is 2.01. The Morgan fingerprint density at radius 3 is 2.00 bits per heavy atom. The van der Waals surface area contributed by atoms with E-state index in [2.05, 4.69) is 4.74 Å². The minimum absolute atomic E-state index is 0.0869. The van der Waals surface area contributed by atoms with Gasteiger partial charge in [-0.05, 0) is 60.0 Å². The number of ketones is 1. The molecule has 0 radical (unpaired) electrons. The summed E-state index contributed by atoms with van der Waals surface area (Å²) < 4.78 is 10.1. The van der Waals surface area contributed by atoms with Crippen LogP contribution in [0, 0.1) is 13.8 Å². The molecule has 0 saturated heterocycles. The first-order valence-electron chi connectivity index (χ1n) is 8.27. The van der Waals surface area contributed by atoms with Gasteiger partial charge in [-0.15, -0.1) is 0 Å². The van der Waals surface area contributed by atoms with Gasteiger partial charge in [-0.3, -0.25) is 4.79 Å². The van der Waals surface area contributed by atoms with Crippen LogP contribution in [0.15, 0.2) is 48.5 Å². The summed E-state index contributed by atoms with van der Waals surface area (Å²) in [5.41, 5.74) is 3.66. The van der Waals surface area contributed by atoms with Crippen molar-refractivity contribution in [3.05, 3.63) is 76.3 Å². The number of aryl methyl sites for hydroxylation is 2. The summed E-state index contributed by atoms with van der Waals surface area (Å²) in [6.07, 6.45) is 0. The molecule has 0 atom stereocenters. The Hall–Kier alpha value is -3.14. The standard InChI is InChI=1S/C22H20O4/c1-13-11-20(25-3)14(2)18-10-9-17(12-19(13)18)21(23)15-5-7-16(8-6-15)22(24)26-4/h5-12H,1-4H3. The van der Waals surface area contributed by atoms with Gasteiger partial charge in [0.05, 0.1) is 19.8 Å². The summed E-state index contributed by atoms with van der Waals surface area (Å²) in [7, 11) is 2.99. The van der Waals surface area contributed by atoms with Crippen molar-refractivity contribution in [2.75, 3.05) is 14.2 Å².